The van der Waals surface area contributed by atoms with Gasteiger partial charge in [0.05, 0.1) is 46.2 Å². The van der Waals surface area contributed by atoms with Gasteiger partial charge in [-0.05, 0) is 70.0 Å². The summed E-state index contributed by atoms with van der Waals surface area (Å²) in [6, 6.07) is 7.77. The van der Waals surface area contributed by atoms with Gasteiger partial charge in [0.15, 0.2) is 28.6 Å². The summed E-state index contributed by atoms with van der Waals surface area (Å²) < 4.78 is 33.7. The largest absolute Gasteiger partial charge is 0.493 e. The summed E-state index contributed by atoms with van der Waals surface area (Å²) in [5, 5.41) is 4.13. The van der Waals surface area contributed by atoms with Crippen molar-refractivity contribution < 1.29 is 32.9 Å². The molecule has 1 N–H and O–H groups in total. The lowest BCUT2D eigenvalue weighted by Crippen LogP contribution is -2.19. The molecule has 0 aliphatic heterocycles. The number of ketones is 1. The van der Waals surface area contributed by atoms with Crippen molar-refractivity contribution in [2.45, 2.75) is 33.1 Å². The fraction of sp³-hybridized carbons (Fsp3) is 0.444. The third kappa shape index (κ3) is 6.19. The first-order chi connectivity index (χ1) is 17.0. The molecule has 0 amide bonds. The zero-order chi connectivity index (χ0) is 25.2. The Labute approximate surface area is 206 Å². The van der Waals surface area contributed by atoms with E-state index in [-0.39, 0.29) is 5.78 Å². The van der Waals surface area contributed by atoms with Crippen molar-refractivity contribution >= 4 is 16.8 Å². The SMILES string of the molecule is CCOc1c(C(C)=O)c(OCCCNCCCc2ccc(OC)c(OC)c2)c(OC)c2occc12. The summed E-state index contributed by atoms with van der Waals surface area (Å²) in [6.45, 7) is 5.86. The van der Waals surface area contributed by atoms with Gasteiger partial charge in [0.1, 0.15) is 11.3 Å². The van der Waals surface area contributed by atoms with E-state index in [0.717, 1.165) is 43.9 Å². The third-order valence-corrected chi connectivity index (χ3v) is 5.63. The van der Waals surface area contributed by atoms with Crippen molar-refractivity contribution in [3.8, 4) is 28.7 Å². The number of methoxy groups -OCH3 is 3. The summed E-state index contributed by atoms with van der Waals surface area (Å²) in [7, 11) is 4.81. The van der Waals surface area contributed by atoms with Crippen molar-refractivity contribution in [2.75, 3.05) is 47.6 Å². The normalized spacial score (nSPS) is 10.9. The number of Topliss-reactive ketones (excluding diaryl/α,β-unsaturated/α-hetero) is 1. The molecule has 0 unspecified atom stereocenters. The molecule has 8 heteroatoms. The number of hydrogen-bond acceptors (Lipinski definition) is 8. The van der Waals surface area contributed by atoms with Crippen molar-refractivity contribution in [3.63, 3.8) is 0 Å². The molecule has 35 heavy (non-hydrogen) atoms. The Hall–Kier alpha value is -3.39. The molecule has 0 aliphatic carbocycles. The van der Waals surface area contributed by atoms with Gasteiger partial charge in [-0.25, -0.2) is 0 Å². The summed E-state index contributed by atoms with van der Waals surface area (Å²) >= 11 is 0. The fourth-order valence-electron chi connectivity index (χ4n) is 4.01. The molecule has 0 saturated carbocycles. The molecule has 0 atom stereocenters. The Morgan fingerprint density at radius 2 is 1.69 bits per heavy atom. The number of aryl methyl sites for hydroxylation is 1. The highest BCUT2D eigenvalue weighted by Gasteiger charge is 2.27. The molecule has 0 spiro atoms. The van der Waals surface area contributed by atoms with Crippen LogP contribution in [0.5, 0.6) is 28.7 Å². The molecule has 2 aromatic carbocycles. The van der Waals surface area contributed by atoms with Crippen LogP contribution in [0.3, 0.4) is 0 Å². The van der Waals surface area contributed by atoms with E-state index in [4.69, 9.17) is 28.1 Å². The molecular weight excluding hydrogens is 450 g/mol. The first-order valence-electron chi connectivity index (χ1n) is 11.8. The van der Waals surface area contributed by atoms with Crippen LogP contribution in [0.2, 0.25) is 0 Å². The number of fused-ring (bicyclic) bond motifs is 1. The predicted molar refractivity (Wildman–Crippen MR) is 135 cm³/mol. The van der Waals surface area contributed by atoms with Crippen molar-refractivity contribution in [2.24, 2.45) is 0 Å². The first-order valence-corrected chi connectivity index (χ1v) is 11.8. The maximum atomic E-state index is 12.5. The Bertz CT molecular complexity index is 1120. The van der Waals surface area contributed by atoms with Gasteiger partial charge in [-0.3, -0.25) is 4.79 Å². The Balaban J connectivity index is 1.53. The van der Waals surface area contributed by atoms with Crippen LogP contribution >= 0.6 is 0 Å². The van der Waals surface area contributed by atoms with Crippen molar-refractivity contribution in [1.82, 2.24) is 5.32 Å². The number of benzene rings is 2. The summed E-state index contributed by atoms with van der Waals surface area (Å²) in [5.41, 5.74) is 2.08. The molecule has 0 bridgehead atoms. The molecule has 0 aliphatic rings. The molecule has 0 radical (unpaired) electrons. The highest BCUT2D eigenvalue weighted by Crippen LogP contribution is 2.46. The Morgan fingerprint density at radius 1 is 0.914 bits per heavy atom. The zero-order valence-electron chi connectivity index (χ0n) is 21.2. The van der Waals surface area contributed by atoms with Gasteiger partial charge in [-0.1, -0.05) is 6.07 Å². The van der Waals surface area contributed by atoms with Gasteiger partial charge in [-0.2, -0.15) is 0 Å². The molecule has 1 heterocycles. The third-order valence-electron chi connectivity index (χ3n) is 5.63. The van der Waals surface area contributed by atoms with E-state index in [1.165, 1.54) is 19.6 Å². The number of carbonyl (C=O) groups is 1. The lowest BCUT2D eigenvalue weighted by Gasteiger charge is -2.18. The van der Waals surface area contributed by atoms with Crippen molar-refractivity contribution in [3.05, 3.63) is 41.7 Å². The highest BCUT2D eigenvalue weighted by molar-refractivity contribution is 6.08. The van der Waals surface area contributed by atoms with E-state index in [0.29, 0.717) is 47.0 Å². The molecule has 190 valence electrons. The van der Waals surface area contributed by atoms with E-state index < -0.39 is 0 Å². The second-order valence-corrected chi connectivity index (χ2v) is 7.96. The number of rotatable bonds is 15. The molecule has 8 nitrogen and oxygen atoms in total. The average molecular weight is 486 g/mol. The van der Waals surface area contributed by atoms with Crippen LogP contribution in [0.15, 0.2) is 34.9 Å². The minimum atomic E-state index is -0.155. The van der Waals surface area contributed by atoms with Gasteiger partial charge in [0, 0.05) is 0 Å². The summed E-state index contributed by atoms with van der Waals surface area (Å²) in [4.78, 5) is 12.5. The Kier molecular flexibility index (Phi) is 9.66. The second kappa shape index (κ2) is 12.9. The van der Waals surface area contributed by atoms with Crippen LogP contribution in [0.4, 0.5) is 0 Å². The minimum absolute atomic E-state index is 0.155. The molecule has 0 saturated heterocycles. The number of ether oxygens (including phenoxy) is 5. The monoisotopic (exact) mass is 485 g/mol. The molecular formula is C27H35NO7. The van der Waals surface area contributed by atoms with Crippen molar-refractivity contribution in [1.29, 1.82) is 0 Å². The lowest BCUT2D eigenvalue weighted by atomic mass is 10.0. The van der Waals surface area contributed by atoms with E-state index in [2.05, 4.69) is 11.4 Å². The highest BCUT2D eigenvalue weighted by atomic mass is 16.5. The van der Waals surface area contributed by atoms with Crippen LogP contribution in [0.25, 0.3) is 11.0 Å². The van der Waals surface area contributed by atoms with E-state index in [1.807, 2.05) is 19.1 Å². The summed E-state index contributed by atoms with van der Waals surface area (Å²) in [5.74, 6) is 2.56. The minimum Gasteiger partial charge on any atom is -0.493 e. The quantitative estimate of drug-likeness (QED) is 0.236. The van der Waals surface area contributed by atoms with E-state index >= 15 is 0 Å². The van der Waals surface area contributed by atoms with Gasteiger partial charge in [0.2, 0.25) is 5.75 Å². The molecule has 3 rings (SSSR count). The smallest absolute Gasteiger partial charge is 0.205 e. The maximum absolute atomic E-state index is 12.5. The Morgan fingerprint density at radius 3 is 2.37 bits per heavy atom. The number of nitrogens with one attached hydrogen (secondary N) is 1. The van der Waals surface area contributed by atoms with Gasteiger partial charge in [0.25, 0.3) is 0 Å². The van der Waals surface area contributed by atoms with Gasteiger partial charge in [-0.15, -0.1) is 0 Å². The predicted octanol–water partition coefficient (Wildman–Crippen LogP) is 5.05. The zero-order valence-corrected chi connectivity index (χ0v) is 21.2. The van der Waals surface area contributed by atoms with E-state index in [9.17, 15) is 4.79 Å². The number of furan rings is 1. The lowest BCUT2D eigenvalue weighted by molar-refractivity contribution is 0.100. The maximum Gasteiger partial charge on any atom is 0.205 e. The van der Waals surface area contributed by atoms with Crippen LogP contribution in [-0.4, -0.2) is 53.4 Å². The van der Waals surface area contributed by atoms with Crippen LogP contribution < -0.4 is 29.0 Å². The van der Waals surface area contributed by atoms with Gasteiger partial charge < -0.3 is 33.4 Å². The van der Waals surface area contributed by atoms with E-state index in [1.54, 1.807) is 26.5 Å². The molecule has 1 aromatic heterocycles. The number of carbonyl (C=O) groups excluding carboxylic acids is 1. The summed E-state index contributed by atoms with van der Waals surface area (Å²) in [6.07, 6.45) is 4.24. The average Bonchev–Trinajstić information content (AvgIpc) is 3.35. The topological polar surface area (TPSA) is 88.4 Å². The molecule has 0 fully saturated rings. The van der Waals surface area contributed by atoms with Crippen LogP contribution in [0, 0.1) is 0 Å². The molecule has 3 aromatic rings. The first kappa shape index (κ1) is 26.2. The van der Waals surface area contributed by atoms with Crippen LogP contribution in [-0.2, 0) is 6.42 Å². The number of hydrogen-bond donors (Lipinski definition) is 1. The van der Waals surface area contributed by atoms with Crippen LogP contribution in [0.1, 0.15) is 42.6 Å². The second-order valence-electron chi connectivity index (χ2n) is 7.96. The standard InChI is InChI=1S/C27H35NO7/c1-6-33-24-20-12-16-35-25(20)27(32-5)26(23(24)18(2)29)34-15-8-14-28-13-7-9-19-10-11-21(30-3)22(17-19)31-4/h10-12,16-17,28H,6-9,13-15H2,1-5H3. The fourth-order valence-corrected chi connectivity index (χ4v) is 4.01. The van der Waals surface area contributed by atoms with Gasteiger partial charge >= 0.3 is 0 Å².